The highest BCUT2D eigenvalue weighted by molar-refractivity contribution is 9.10. The summed E-state index contributed by atoms with van der Waals surface area (Å²) in [7, 11) is 3.33. The van der Waals surface area contributed by atoms with Crippen molar-refractivity contribution in [3.63, 3.8) is 0 Å². The molecule has 1 amide bonds. The zero-order valence-corrected chi connectivity index (χ0v) is 13.6. The number of benzene rings is 1. The van der Waals surface area contributed by atoms with Gasteiger partial charge in [-0.2, -0.15) is 0 Å². The first-order valence-corrected chi connectivity index (χ1v) is 7.17. The molecule has 5 nitrogen and oxygen atoms in total. The second-order valence-electron chi connectivity index (χ2n) is 4.72. The molecule has 0 radical (unpaired) electrons. The number of nitrogens with one attached hydrogen (secondary N) is 1. The monoisotopic (exact) mass is 344 g/mol. The van der Waals surface area contributed by atoms with E-state index in [1.807, 2.05) is 24.3 Å². The number of anilines is 1. The molecule has 112 valence electrons. The van der Waals surface area contributed by atoms with Crippen molar-refractivity contribution in [2.45, 2.75) is 19.1 Å². The van der Waals surface area contributed by atoms with Crippen molar-refractivity contribution in [2.24, 2.45) is 0 Å². The van der Waals surface area contributed by atoms with Gasteiger partial charge in [-0.3, -0.25) is 9.69 Å². The van der Waals surface area contributed by atoms with Crippen molar-refractivity contribution >= 4 is 27.5 Å². The van der Waals surface area contributed by atoms with Gasteiger partial charge in [-0.05, 0) is 32.2 Å². The van der Waals surface area contributed by atoms with Gasteiger partial charge in [-0.1, -0.05) is 22.0 Å². The molecule has 1 rings (SSSR count). The molecule has 6 heteroatoms. The number of amides is 1. The fraction of sp³-hybridized carbons (Fsp3) is 0.500. The second-order valence-corrected chi connectivity index (χ2v) is 5.64. The lowest BCUT2D eigenvalue weighted by atomic mass is 10.2. The molecule has 2 unspecified atom stereocenters. The highest BCUT2D eigenvalue weighted by atomic mass is 79.9. The molecule has 0 aliphatic heterocycles. The number of rotatable bonds is 7. The number of carbonyl (C=O) groups excluding carboxylic acids is 1. The predicted octanol–water partition coefficient (Wildman–Crippen LogP) is 1.72. The summed E-state index contributed by atoms with van der Waals surface area (Å²) in [5.41, 5.74) is 0.738. The molecule has 0 bridgehead atoms. The van der Waals surface area contributed by atoms with E-state index in [2.05, 4.69) is 21.2 Å². The molecule has 0 aliphatic carbocycles. The number of methoxy groups -OCH3 is 1. The Morgan fingerprint density at radius 1 is 1.55 bits per heavy atom. The summed E-state index contributed by atoms with van der Waals surface area (Å²) < 4.78 is 5.78. The number of ether oxygens (including phenoxy) is 1. The van der Waals surface area contributed by atoms with Crippen molar-refractivity contribution in [3.8, 4) is 0 Å². The van der Waals surface area contributed by atoms with E-state index in [9.17, 15) is 9.90 Å². The molecule has 0 saturated carbocycles. The van der Waals surface area contributed by atoms with Gasteiger partial charge in [0.05, 0.1) is 18.8 Å². The van der Waals surface area contributed by atoms with Crippen LogP contribution < -0.4 is 5.32 Å². The van der Waals surface area contributed by atoms with E-state index in [0.717, 1.165) is 10.2 Å². The normalized spacial score (nSPS) is 14.1. The second kappa shape index (κ2) is 8.36. The highest BCUT2D eigenvalue weighted by Gasteiger charge is 2.20. The highest BCUT2D eigenvalue weighted by Crippen LogP contribution is 2.16. The van der Waals surface area contributed by atoms with Crippen LogP contribution in [-0.2, 0) is 9.53 Å². The van der Waals surface area contributed by atoms with E-state index in [-0.39, 0.29) is 18.6 Å². The number of carbonyl (C=O) groups is 1. The number of hydrogen-bond acceptors (Lipinski definition) is 4. The molecule has 1 aromatic carbocycles. The summed E-state index contributed by atoms with van der Waals surface area (Å²) in [6.07, 6.45) is -0.605. The Balaban J connectivity index is 2.53. The summed E-state index contributed by atoms with van der Waals surface area (Å²) in [6.45, 7) is 2.43. The van der Waals surface area contributed by atoms with Crippen LogP contribution in [0.4, 0.5) is 5.69 Å². The average molecular weight is 345 g/mol. The summed E-state index contributed by atoms with van der Waals surface area (Å²) in [5, 5.41) is 12.5. The fourth-order valence-corrected chi connectivity index (χ4v) is 2.15. The first kappa shape index (κ1) is 17.1. The maximum Gasteiger partial charge on any atom is 0.241 e. The van der Waals surface area contributed by atoms with Gasteiger partial charge in [-0.15, -0.1) is 0 Å². The van der Waals surface area contributed by atoms with Crippen molar-refractivity contribution in [1.82, 2.24) is 4.90 Å². The lowest BCUT2D eigenvalue weighted by Gasteiger charge is -2.25. The molecular weight excluding hydrogens is 324 g/mol. The van der Waals surface area contributed by atoms with Crippen LogP contribution in [0.3, 0.4) is 0 Å². The van der Waals surface area contributed by atoms with Gasteiger partial charge in [0.2, 0.25) is 5.91 Å². The first-order chi connectivity index (χ1) is 9.43. The van der Waals surface area contributed by atoms with Crippen LogP contribution in [0.15, 0.2) is 28.7 Å². The minimum absolute atomic E-state index is 0.116. The minimum Gasteiger partial charge on any atom is -0.389 e. The van der Waals surface area contributed by atoms with E-state index in [0.29, 0.717) is 6.54 Å². The van der Waals surface area contributed by atoms with Gasteiger partial charge in [-0.25, -0.2) is 0 Å². The van der Waals surface area contributed by atoms with Gasteiger partial charge < -0.3 is 15.2 Å². The third-order valence-electron chi connectivity index (χ3n) is 2.99. The van der Waals surface area contributed by atoms with Crippen LogP contribution in [0.5, 0.6) is 0 Å². The van der Waals surface area contributed by atoms with Crippen LogP contribution in [0.25, 0.3) is 0 Å². The molecule has 1 aromatic rings. The molecule has 20 heavy (non-hydrogen) atoms. The maximum atomic E-state index is 12.1. The molecule has 0 aliphatic rings. The molecule has 2 atom stereocenters. The summed E-state index contributed by atoms with van der Waals surface area (Å²) in [4.78, 5) is 13.9. The number of likely N-dealkylation sites (N-methyl/N-ethyl adjacent to an activating group) is 1. The molecule has 0 saturated heterocycles. The standard InChI is InChI=1S/C14H21BrN2O3/c1-10(17(2)8-13(18)9-20-3)14(19)16-12-6-4-5-11(15)7-12/h4-7,10,13,18H,8-9H2,1-3H3,(H,16,19). The third-order valence-corrected chi connectivity index (χ3v) is 3.48. The summed E-state index contributed by atoms with van der Waals surface area (Å²) in [6, 6.07) is 7.07. The molecular formula is C14H21BrN2O3. The molecule has 0 aromatic heterocycles. The van der Waals surface area contributed by atoms with Crippen molar-refractivity contribution < 1.29 is 14.6 Å². The Morgan fingerprint density at radius 3 is 2.85 bits per heavy atom. The number of nitrogens with zero attached hydrogens (tertiary/aromatic N) is 1. The van der Waals surface area contributed by atoms with Crippen molar-refractivity contribution in [2.75, 3.05) is 32.6 Å². The largest absolute Gasteiger partial charge is 0.389 e. The van der Waals surface area contributed by atoms with Crippen molar-refractivity contribution in [1.29, 1.82) is 0 Å². The van der Waals surface area contributed by atoms with Gasteiger partial charge in [0.1, 0.15) is 0 Å². The van der Waals surface area contributed by atoms with Crippen LogP contribution in [0.2, 0.25) is 0 Å². The quantitative estimate of drug-likeness (QED) is 0.790. The number of halogens is 1. The van der Waals surface area contributed by atoms with E-state index >= 15 is 0 Å². The number of aliphatic hydroxyl groups excluding tert-OH is 1. The SMILES string of the molecule is COCC(O)CN(C)C(C)C(=O)Nc1cccc(Br)c1. The predicted molar refractivity (Wildman–Crippen MR) is 82.7 cm³/mol. The van der Waals surface area contributed by atoms with Crippen molar-refractivity contribution in [3.05, 3.63) is 28.7 Å². The summed E-state index contributed by atoms with van der Waals surface area (Å²) >= 11 is 3.36. The third kappa shape index (κ3) is 5.58. The fourth-order valence-electron chi connectivity index (χ4n) is 1.75. The van der Waals surface area contributed by atoms with E-state index in [4.69, 9.17) is 4.74 Å². The Kier molecular flexibility index (Phi) is 7.15. The molecule has 0 heterocycles. The van der Waals surface area contributed by atoms with Gasteiger partial charge in [0.25, 0.3) is 0 Å². The number of hydrogen-bond donors (Lipinski definition) is 2. The van der Waals surface area contributed by atoms with Crippen LogP contribution in [0, 0.1) is 0 Å². The van der Waals surface area contributed by atoms with E-state index < -0.39 is 6.10 Å². The van der Waals surface area contributed by atoms with Gasteiger partial charge in [0.15, 0.2) is 0 Å². The first-order valence-electron chi connectivity index (χ1n) is 6.37. The Bertz CT molecular complexity index is 442. The summed E-state index contributed by atoms with van der Waals surface area (Å²) in [5.74, 6) is -0.116. The van der Waals surface area contributed by atoms with Gasteiger partial charge in [0, 0.05) is 23.8 Å². The number of aliphatic hydroxyl groups is 1. The smallest absolute Gasteiger partial charge is 0.241 e. The Morgan fingerprint density at radius 2 is 2.25 bits per heavy atom. The lowest BCUT2D eigenvalue weighted by Crippen LogP contribution is -2.44. The average Bonchev–Trinajstić information content (AvgIpc) is 2.37. The molecule has 2 N–H and O–H groups in total. The maximum absolute atomic E-state index is 12.1. The van der Waals surface area contributed by atoms with Crippen LogP contribution in [0.1, 0.15) is 6.92 Å². The Labute approximate surface area is 128 Å². The van der Waals surface area contributed by atoms with Crippen LogP contribution >= 0.6 is 15.9 Å². The lowest BCUT2D eigenvalue weighted by molar-refractivity contribution is -0.120. The zero-order chi connectivity index (χ0) is 15.1. The van der Waals surface area contributed by atoms with E-state index in [1.165, 1.54) is 7.11 Å². The Hall–Kier alpha value is -0.950. The van der Waals surface area contributed by atoms with Gasteiger partial charge >= 0.3 is 0 Å². The molecule has 0 fully saturated rings. The zero-order valence-electron chi connectivity index (χ0n) is 12.0. The molecule has 0 spiro atoms. The minimum atomic E-state index is -0.605. The topological polar surface area (TPSA) is 61.8 Å². The van der Waals surface area contributed by atoms with Crippen LogP contribution in [-0.4, -0.2) is 55.4 Å². The van der Waals surface area contributed by atoms with E-state index in [1.54, 1.807) is 18.9 Å².